The molecule has 0 fully saturated rings. The molecule has 4 nitrogen and oxygen atoms in total. The molecule has 0 saturated carbocycles. The zero-order chi connectivity index (χ0) is 12.7. The third kappa shape index (κ3) is 5.59. The molecule has 0 radical (unpaired) electrons. The highest BCUT2D eigenvalue weighted by atomic mass is 16.4. The summed E-state index contributed by atoms with van der Waals surface area (Å²) in [5.41, 5.74) is 6.31. The summed E-state index contributed by atoms with van der Waals surface area (Å²) in [6, 6.07) is 5.84. The van der Waals surface area contributed by atoms with E-state index in [-0.39, 0.29) is 11.3 Å². The van der Waals surface area contributed by atoms with E-state index in [9.17, 15) is 9.59 Å². The molecular formula is C12H15NO3. The van der Waals surface area contributed by atoms with Crippen LogP contribution < -0.4 is 5.73 Å². The third-order valence-corrected chi connectivity index (χ3v) is 1.54. The van der Waals surface area contributed by atoms with Gasteiger partial charge >= 0.3 is 5.97 Å². The number of carbonyl (C=O) groups is 2. The van der Waals surface area contributed by atoms with E-state index in [0.29, 0.717) is 11.3 Å². The van der Waals surface area contributed by atoms with Gasteiger partial charge in [-0.25, -0.2) is 4.79 Å². The summed E-state index contributed by atoms with van der Waals surface area (Å²) < 4.78 is 0. The van der Waals surface area contributed by atoms with Crippen molar-refractivity contribution in [1.82, 2.24) is 0 Å². The van der Waals surface area contributed by atoms with Gasteiger partial charge < -0.3 is 10.8 Å². The van der Waals surface area contributed by atoms with Crippen molar-refractivity contribution in [2.75, 3.05) is 0 Å². The van der Waals surface area contributed by atoms with Crippen LogP contribution >= 0.6 is 0 Å². The van der Waals surface area contributed by atoms with Crippen LogP contribution in [0.25, 0.3) is 0 Å². The second kappa shape index (κ2) is 6.40. The number of carboxylic acid groups (broad SMARTS) is 1. The molecule has 0 heterocycles. The first-order valence-electron chi connectivity index (χ1n) is 4.60. The van der Waals surface area contributed by atoms with Crippen molar-refractivity contribution in [1.29, 1.82) is 0 Å². The lowest BCUT2D eigenvalue weighted by Crippen LogP contribution is -1.97. The molecule has 1 aromatic carbocycles. The Hall–Kier alpha value is -2.10. The van der Waals surface area contributed by atoms with Crippen LogP contribution in [0.5, 0.6) is 0 Å². The molecule has 0 bridgehead atoms. The Balaban J connectivity index is 0.000000487. The van der Waals surface area contributed by atoms with E-state index in [1.807, 2.05) is 0 Å². The summed E-state index contributed by atoms with van der Waals surface area (Å²) in [7, 11) is 0. The molecule has 1 aromatic rings. The monoisotopic (exact) mass is 221 g/mol. The summed E-state index contributed by atoms with van der Waals surface area (Å²) in [6.07, 6.45) is 0. The number of carboxylic acids is 1. The molecule has 3 N–H and O–H groups in total. The summed E-state index contributed by atoms with van der Waals surface area (Å²) in [6.45, 7) is 6.52. The predicted molar refractivity (Wildman–Crippen MR) is 62.4 cm³/mol. The Bertz CT molecular complexity index is 356. The van der Waals surface area contributed by atoms with Gasteiger partial charge in [0, 0.05) is 5.56 Å². The molecule has 1 rings (SSSR count). The molecule has 0 atom stereocenters. The summed E-state index contributed by atoms with van der Waals surface area (Å²) >= 11 is 0. The minimum atomic E-state index is -0.981. The lowest BCUT2D eigenvalue weighted by molar-refractivity contribution is 0.0696. The first-order chi connectivity index (χ1) is 7.34. The molecule has 0 amide bonds. The zero-order valence-electron chi connectivity index (χ0n) is 9.36. The maximum absolute atomic E-state index is 10.8. The summed E-state index contributed by atoms with van der Waals surface area (Å²) in [5, 5.41) is 8.53. The molecule has 0 aliphatic carbocycles. The summed E-state index contributed by atoms with van der Waals surface area (Å²) in [4.78, 5) is 21.2. The number of aromatic carboxylic acids is 1. The van der Waals surface area contributed by atoms with Crippen LogP contribution in [0.4, 0.5) is 0 Å². The van der Waals surface area contributed by atoms with Gasteiger partial charge in [-0.3, -0.25) is 4.79 Å². The average molecular weight is 221 g/mol. The van der Waals surface area contributed by atoms with Crippen molar-refractivity contribution in [3.8, 4) is 0 Å². The normalized spacial score (nSPS) is 8.62. The number of ketones is 1. The van der Waals surface area contributed by atoms with Gasteiger partial charge in [-0.15, -0.1) is 0 Å². The van der Waals surface area contributed by atoms with Crippen LogP contribution in [-0.4, -0.2) is 16.9 Å². The van der Waals surface area contributed by atoms with Crippen LogP contribution in [0.3, 0.4) is 0 Å². The molecule has 86 valence electrons. The highest BCUT2D eigenvalue weighted by Crippen LogP contribution is 2.04. The highest BCUT2D eigenvalue weighted by molar-refractivity contribution is 5.95. The van der Waals surface area contributed by atoms with E-state index in [4.69, 9.17) is 10.8 Å². The molecule has 0 aromatic heterocycles. The number of Topliss-reactive ketones (excluding diaryl/α,β-unsaturated/α-hetero) is 1. The Kier molecular flexibility index (Phi) is 5.56. The van der Waals surface area contributed by atoms with Crippen molar-refractivity contribution < 1.29 is 14.7 Å². The minimum absolute atomic E-state index is 0.0630. The lowest BCUT2D eigenvalue weighted by Gasteiger charge is -1.95. The minimum Gasteiger partial charge on any atom is -0.478 e. The van der Waals surface area contributed by atoms with Crippen LogP contribution in [0.2, 0.25) is 0 Å². The quantitative estimate of drug-likeness (QED) is 0.749. The average Bonchev–Trinajstić information content (AvgIpc) is 2.17. The van der Waals surface area contributed by atoms with E-state index in [1.165, 1.54) is 31.2 Å². The molecule has 0 aliphatic rings. The van der Waals surface area contributed by atoms with Crippen LogP contribution in [0.1, 0.15) is 34.6 Å². The largest absolute Gasteiger partial charge is 0.478 e. The Morgan fingerprint density at radius 2 is 1.44 bits per heavy atom. The molecule has 0 unspecified atom stereocenters. The fourth-order valence-corrected chi connectivity index (χ4v) is 0.848. The fraction of sp³-hybridized carbons (Fsp3) is 0.167. The Labute approximate surface area is 94.4 Å². The molecular weight excluding hydrogens is 206 g/mol. The molecule has 0 aliphatic heterocycles. The van der Waals surface area contributed by atoms with E-state index < -0.39 is 5.97 Å². The second-order valence-electron chi connectivity index (χ2n) is 3.29. The van der Waals surface area contributed by atoms with Crippen molar-refractivity contribution in [3.63, 3.8) is 0 Å². The van der Waals surface area contributed by atoms with Crippen molar-refractivity contribution in [2.45, 2.75) is 13.8 Å². The third-order valence-electron chi connectivity index (χ3n) is 1.54. The summed E-state index contributed by atoms with van der Waals surface area (Å²) in [5.74, 6) is -1.04. The number of benzene rings is 1. The smallest absolute Gasteiger partial charge is 0.335 e. The second-order valence-corrected chi connectivity index (χ2v) is 3.29. The van der Waals surface area contributed by atoms with Crippen molar-refractivity contribution >= 4 is 11.8 Å². The topological polar surface area (TPSA) is 80.4 Å². The first kappa shape index (κ1) is 13.9. The van der Waals surface area contributed by atoms with Gasteiger partial charge in [0.2, 0.25) is 0 Å². The van der Waals surface area contributed by atoms with Crippen LogP contribution in [0, 0.1) is 0 Å². The molecule has 0 spiro atoms. The number of hydrogen-bond acceptors (Lipinski definition) is 3. The Morgan fingerprint density at radius 3 is 1.69 bits per heavy atom. The lowest BCUT2D eigenvalue weighted by atomic mass is 10.1. The first-order valence-corrected chi connectivity index (χ1v) is 4.60. The Morgan fingerprint density at radius 1 is 1.12 bits per heavy atom. The number of hydrogen-bond donors (Lipinski definition) is 2. The molecule has 16 heavy (non-hydrogen) atoms. The van der Waals surface area contributed by atoms with Gasteiger partial charge in [0.05, 0.1) is 5.56 Å². The van der Waals surface area contributed by atoms with Crippen LogP contribution in [-0.2, 0) is 0 Å². The van der Waals surface area contributed by atoms with Gasteiger partial charge in [0.25, 0.3) is 0 Å². The predicted octanol–water partition coefficient (Wildman–Crippen LogP) is 2.07. The van der Waals surface area contributed by atoms with Crippen molar-refractivity contribution in [2.24, 2.45) is 5.73 Å². The molecule has 0 saturated heterocycles. The maximum Gasteiger partial charge on any atom is 0.335 e. The number of carbonyl (C=O) groups excluding carboxylic acids is 1. The number of allylic oxidation sites excluding steroid dienone is 1. The van der Waals surface area contributed by atoms with Gasteiger partial charge in [-0.1, -0.05) is 18.7 Å². The van der Waals surface area contributed by atoms with E-state index in [0.717, 1.165) is 0 Å². The number of nitrogens with two attached hydrogens (primary N) is 1. The zero-order valence-corrected chi connectivity index (χ0v) is 9.36. The van der Waals surface area contributed by atoms with Gasteiger partial charge in [0.15, 0.2) is 5.78 Å². The standard InChI is InChI=1S/C9H8O3.C3H7N/c1-6(10)7-2-4-8(5-3-7)9(11)12;1-3(2)4/h2-5H,1H3,(H,11,12);1,4H2,2H3. The van der Waals surface area contributed by atoms with Gasteiger partial charge in [0.1, 0.15) is 0 Å². The van der Waals surface area contributed by atoms with Gasteiger partial charge in [-0.2, -0.15) is 0 Å². The fourth-order valence-electron chi connectivity index (χ4n) is 0.848. The van der Waals surface area contributed by atoms with Crippen LogP contribution in [0.15, 0.2) is 36.5 Å². The van der Waals surface area contributed by atoms with Crippen molar-refractivity contribution in [3.05, 3.63) is 47.7 Å². The number of rotatable bonds is 2. The molecule has 4 heteroatoms. The maximum atomic E-state index is 10.8. The highest BCUT2D eigenvalue weighted by Gasteiger charge is 2.02. The van der Waals surface area contributed by atoms with Gasteiger partial charge in [-0.05, 0) is 31.7 Å². The SMILES string of the molecule is C=C(C)N.CC(=O)c1ccc(C(=O)O)cc1. The van der Waals surface area contributed by atoms with E-state index in [1.54, 1.807) is 6.92 Å². The van der Waals surface area contributed by atoms with E-state index in [2.05, 4.69) is 6.58 Å². The van der Waals surface area contributed by atoms with E-state index >= 15 is 0 Å².